The molecule has 0 bridgehead atoms. The molecule has 0 spiro atoms. The fourth-order valence-electron chi connectivity index (χ4n) is 3.68. The van der Waals surface area contributed by atoms with E-state index in [1.807, 2.05) is 12.1 Å². The Labute approximate surface area is 179 Å². The van der Waals surface area contributed by atoms with Crippen LogP contribution in [0.4, 0.5) is 5.69 Å². The van der Waals surface area contributed by atoms with E-state index >= 15 is 0 Å². The molecule has 4 rings (SSSR count). The van der Waals surface area contributed by atoms with E-state index < -0.39 is 0 Å². The lowest BCUT2D eigenvalue weighted by molar-refractivity contribution is 0.880. The topological polar surface area (TPSA) is 19.0 Å². The van der Waals surface area contributed by atoms with Gasteiger partial charge < -0.3 is 9.88 Å². The van der Waals surface area contributed by atoms with Gasteiger partial charge in [-0.25, -0.2) is 0 Å². The van der Waals surface area contributed by atoms with Gasteiger partial charge >= 0.3 is 0 Å². The summed E-state index contributed by atoms with van der Waals surface area (Å²) in [4.78, 5) is 6.00. The van der Waals surface area contributed by atoms with Gasteiger partial charge in [-0.2, -0.15) is 0 Å². The van der Waals surface area contributed by atoms with E-state index in [0.29, 0.717) is 0 Å². The van der Waals surface area contributed by atoms with Crippen molar-refractivity contribution in [2.45, 2.75) is 19.4 Å². The number of rotatable bonds is 6. The first-order valence-electron chi connectivity index (χ1n) is 9.40. The Morgan fingerprint density at radius 2 is 1.64 bits per heavy atom. The molecule has 0 atom stereocenters. The third-order valence-electron chi connectivity index (χ3n) is 5.03. The molecule has 0 aliphatic rings. The van der Waals surface area contributed by atoms with Gasteiger partial charge in [0, 0.05) is 39.7 Å². The van der Waals surface area contributed by atoms with E-state index in [2.05, 4.69) is 93.5 Å². The second-order valence-corrected chi connectivity index (χ2v) is 8.46. The number of nitrogens with one attached hydrogen (secondary N) is 1. The minimum atomic E-state index is 0.780. The number of anilines is 1. The van der Waals surface area contributed by atoms with Crippen LogP contribution in [0.25, 0.3) is 10.9 Å². The molecule has 142 valence electrons. The van der Waals surface area contributed by atoms with Crippen molar-refractivity contribution in [2.75, 3.05) is 11.9 Å². The molecule has 4 heteroatoms. The van der Waals surface area contributed by atoms with Gasteiger partial charge in [-0.3, -0.25) is 0 Å². The molecule has 0 aliphatic heterocycles. The van der Waals surface area contributed by atoms with Crippen molar-refractivity contribution in [1.29, 1.82) is 0 Å². The van der Waals surface area contributed by atoms with Gasteiger partial charge in [-0.15, -0.1) is 0 Å². The van der Waals surface area contributed by atoms with Crippen molar-refractivity contribution >= 4 is 44.1 Å². The third kappa shape index (κ3) is 4.26. The van der Waals surface area contributed by atoms with Gasteiger partial charge in [-0.1, -0.05) is 70.0 Å². The maximum absolute atomic E-state index is 6.02. The Bertz CT molecular complexity index is 1070. The van der Waals surface area contributed by atoms with Gasteiger partial charge in [0.15, 0.2) is 0 Å². The average Bonchev–Trinajstić information content (AvgIpc) is 3.06. The molecule has 3 aromatic carbocycles. The fraction of sp³-hybridized carbons (Fsp3) is 0.167. The molecule has 28 heavy (non-hydrogen) atoms. The summed E-state index contributed by atoms with van der Waals surface area (Å²) in [5.41, 5.74) is 6.30. The average molecular weight is 454 g/mol. The molecule has 1 N–H and O–H groups in total. The lowest BCUT2D eigenvalue weighted by Gasteiger charge is -2.21. The van der Waals surface area contributed by atoms with E-state index in [9.17, 15) is 0 Å². The van der Waals surface area contributed by atoms with E-state index in [4.69, 9.17) is 11.6 Å². The Morgan fingerprint density at radius 1 is 0.893 bits per heavy atom. The molecular formula is C24H22BrClN2. The summed E-state index contributed by atoms with van der Waals surface area (Å²) in [7, 11) is 2.17. The van der Waals surface area contributed by atoms with Gasteiger partial charge in [0.2, 0.25) is 0 Å². The van der Waals surface area contributed by atoms with Gasteiger partial charge in [-0.05, 0) is 54.3 Å². The second-order valence-electron chi connectivity index (χ2n) is 7.11. The molecule has 1 aromatic heterocycles. The number of aromatic nitrogens is 1. The van der Waals surface area contributed by atoms with Crippen molar-refractivity contribution in [3.63, 3.8) is 0 Å². The number of hydrogen-bond acceptors (Lipinski definition) is 1. The summed E-state index contributed by atoms with van der Waals surface area (Å²) in [6, 6.07) is 25.2. The second kappa shape index (κ2) is 8.42. The van der Waals surface area contributed by atoms with Crippen molar-refractivity contribution < 1.29 is 0 Å². The maximum atomic E-state index is 6.02. The zero-order valence-corrected chi connectivity index (χ0v) is 18.1. The summed E-state index contributed by atoms with van der Waals surface area (Å²) in [5.74, 6) is 0. The number of fused-ring (bicyclic) bond motifs is 1. The molecule has 0 aliphatic carbocycles. The molecule has 0 saturated heterocycles. The normalized spacial score (nSPS) is 11.1. The molecule has 2 nitrogen and oxygen atoms in total. The zero-order valence-electron chi connectivity index (χ0n) is 15.8. The Kier molecular flexibility index (Phi) is 5.74. The maximum Gasteiger partial charge on any atom is 0.0657 e. The number of halogens is 2. The van der Waals surface area contributed by atoms with Crippen LogP contribution in [0.3, 0.4) is 0 Å². The van der Waals surface area contributed by atoms with Crippen LogP contribution < -0.4 is 4.90 Å². The number of aromatic amines is 1. The molecule has 0 unspecified atom stereocenters. The minimum absolute atomic E-state index is 0.780. The first-order chi connectivity index (χ1) is 13.6. The lowest BCUT2D eigenvalue weighted by atomic mass is 10.1. The quantitative estimate of drug-likeness (QED) is 0.333. The molecule has 0 radical (unpaired) electrons. The standard InChI is InChI=1S/C24H22BrClN2/c1-28(16-18-5-3-2-4-6-18)24-21-13-10-19(25)15-23(21)27-22(24)14-9-17-7-11-20(26)12-8-17/h2-8,10-13,15,27H,9,14,16H2,1H3. The molecule has 4 aromatic rings. The van der Waals surface area contributed by atoms with E-state index in [-0.39, 0.29) is 0 Å². The van der Waals surface area contributed by atoms with Gasteiger partial charge in [0.25, 0.3) is 0 Å². The Balaban J connectivity index is 1.66. The van der Waals surface area contributed by atoms with Crippen molar-refractivity contribution in [2.24, 2.45) is 0 Å². The number of benzene rings is 3. The highest BCUT2D eigenvalue weighted by Crippen LogP contribution is 2.34. The predicted octanol–water partition coefficient (Wildman–Crippen LogP) is 7.01. The molecule has 1 heterocycles. The summed E-state index contributed by atoms with van der Waals surface area (Å²) < 4.78 is 1.09. The largest absolute Gasteiger partial charge is 0.368 e. The van der Waals surface area contributed by atoms with Crippen LogP contribution in [0.2, 0.25) is 5.02 Å². The van der Waals surface area contributed by atoms with E-state index in [0.717, 1.165) is 34.4 Å². The van der Waals surface area contributed by atoms with Crippen LogP contribution in [-0.2, 0) is 19.4 Å². The van der Waals surface area contributed by atoms with Crippen LogP contribution >= 0.6 is 27.5 Å². The predicted molar refractivity (Wildman–Crippen MR) is 123 cm³/mol. The molecule has 0 amide bonds. The summed E-state index contributed by atoms with van der Waals surface area (Å²) in [6.07, 6.45) is 1.92. The Hall–Kier alpha value is -2.23. The molecule has 0 saturated carbocycles. The zero-order chi connectivity index (χ0) is 19.5. The Morgan fingerprint density at radius 3 is 2.39 bits per heavy atom. The SMILES string of the molecule is CN(Cc1ccccc1)c1c(CCc2ccc(Cl)cc2)[nH]c2cc(Br)ccc12. The van der Waals surface area contributed by atoms with E-state index in [1.54, 1.807) is 0 Å². The van der Waals surface area contributed by atoms with E-state index in [1.165, 1.54) is 27.9 Å². The number of H-pyrrole nitrogens is 1. The van der Waals surface area contributed by atoms with Crippen LogP contribution in [0, 0.1) is 0 Å². The van der Waals surface area contributed by atoms with Crippen molar-refractivity contribution in [1.82, 2.24) is 4.98 Å². The van der Waals surface area contributed by atoms with Crippen LogP contribution in [-0.4, -0.2) is 12.0 Å². The van der Waals surface area contributed by atoms with Gasteiger partial charge in [0.1, 0.15) is 0 Å². The third-order valence-corrected chi connectivity index (χ3v) is 5.77. The number of aryl methyl sites for hydroxylation is 2. The van der Waals surface area contributed by atoms with Crippen molar-refractivity contribution in [3.8, 4) is 0 Å². The van der Waals surface area contributed by atoms with Crippen LogP contribution in [0.15, 0.2) is 77.3 Å². The summed E-state index contributed by atoms with van der Waals surface area (Å²) >= 11 is 9.62. The van der Waals surface area contributed by atoms with Crippen LogP contribution in [0.5, 0.6) is 0 Å². The molecular weight excluding hydrogens is 432 g/mol. The monoisotopic (exact) mass is 452 g/mol. The molecule has 0 fully saturated rings. The number of nitrogens with zero attached hydrogens (tertiary/aromatic N) is 1. The van der Waals surface area contributed by atoms with Crippen molar-refractivity contribution in [3.05, 3.63) is 99.1 Å². The minimum Gasteiger partial charge on any atom is -0.368 e. The van der Waals surface area contributed by atoms with Crippen LogP contribution in [0.1, 0.15) is 16.8 Å². The lowest BCUT2D eigenvalue weighted by Crippen LogP contribution is -2.17. The highest BCUT2D eigenvalue weighted by atomic mass is 79.9. The number of hydrogen-bond donors (Lipinski definition) is 1. The first-order valence-corrected chi connectivity index (χ1v) is 10.6. The summed E-state index contributed by atoms with van der Waals surface area (Å²) in [5, 5.41) is 2.04. The van der Waals surface area contributed by atoms with Gasteiger partial charge in [0.05, 0.1) is 5.69 Å². The highest BCUT2D eigenvalue weighted by molar-refractivity contribution is 9.10. The first kappa shape index (κ1) is 19.1. The summed E-state index contributed by atoms with van der Waals surface area (Å²) in [6.45, 7) is 0.873. The fourth-order valence-corrected chi connectivity index (χ4v) is 4.17. The smallest absolute Gasteiger partial charge is 0.0657 e. The highest BCUT2D eigenvalue weighted by Gasteiger charge is 2.16.